The van der Waals surface area contributed by atoms with Crippen LogP contribution in [0.4, 0.5) is 0 Å². The molecular formula is C8H5NO4. The predicted molar refractivity (Wildman–Crippen MR) is 44.8 cm³/mol. The lowest BCUT2D eigenvalue weighted by atomic mass is 10.2. The zero-order chi connectivity index (χ0) is 9.42. The van der Waals surface area contributed by atoms with E-state index in [0.717, 1.165) is 0 Å². The van der Waals surface area contributed by atoms with Gasteiger partial charge in [-0.1, -0.05) is 0 Å². The Morgan fingerprint density at radius 3 is 2.85 bits per heavy atom. The molecule has 0 amide bonds. The minimum absolute atomic E-state index is 0.0544. The molecule has 0 atom stereocenters. The average molecular weight is 179 g/mol. The van der Waals surface area contributed by atoms with Crippen LogP contribution in [0, 0.1) is 0 Å². The standard InChI is InChI=1S/C8H5NO4/c10-4-1-2-5-6(3-4)13-8(12)9-7(5)11/h1-3,10H,(H,9,11,12). The molecule has 0 bridgehead atoms. The predicted octanol–water partition coefficient (Wildman–Crippen LogP) is 0.187. The second-order valence-electron chi connectivity index (χ2n) is 2.52. The third-order valence-corrected chi connectivity index (χ3v) is 1.63. The molecule has 2 rings (SSSR count). The number of aromatic amines is 1. The third-order valence-electron chi connectivity index (χ3n) is 1.63. The van der Waals surface area contributed by atoms with Crippen LogP contribution in [0.25, 0.3) is 11.0 Å². The Hall–Kier alpha value is -2.04. The van der Waals surface area contributed by atoms with Crippen molar-refractivity contribution in [1.82, 2.24) is 4.98 Å². The summed E-state index contributed by atoms with van der Waals surface area (Å²) < 4.78 is 4.65. The highest BCUT2D eigenvalue weighted by molar-refractivity contribution is 5.76. The highest BCUT2D eigenvalue weighted by Crippen LogP contribution is 2.14. The van der Waals surface area contributed by atoms with Crippen LogP contribution in [0.2, 0.25) is 0 Å². The summed E-state index contributed by atoms with van der Waals surface area (Å²) in [5, 5.41) is 9.27. The van der Waals surface area contributed by atoms with Crippen LogP contribution in [0.15, 0.2) is 32.2 Å². The van der Waals surface area contributed by atoms with Crippen molar-refractivity contribution in [3.8, 4) is 5.75 Å². The van der Waals surface area contributed by atoms with Crippen LogP contribution in [0.5, 0.6) is 5.75 Å². The Labute approximate surface area is 71.3 Å². The van der Waals surface area contributed by atoms with E-state index in [-0.39, 0.29) is 16.7 Å². The first-order chi connectivity index (χ1) is 6.16. The number of rotatable bonds is 0. The number of benzene rings is 1. The minimum Gasteiger partial charge on any atom is -0.508 e. The number of hydrogen-bond acceptors (Lipinski definition) is 4. The van der Waals surface area contributed by atoms with Gasteiger partial charge < -0.3 is 9.52 Å². The molecule has 0 saturated carbocycles. The fourth-order valence-electron chi connectivity index (χ4n) is 1.07. The van der Waals surface area contributed by atoms with E-state index in [4.69, 9.17) is 5.11 Å². The van der Waals surface area contributed by atoms with Gasteiger partial charge in [0, 0.05) is 6.07 Å². The van der Waals surface area contributed by atoms with Crippen molar-refractivity contribution in [2.45, 2.75) is 0 Å². The van der Waals surface area contributed by atoms with Gasteiger partial charge in [0.1, 0.15) is 11.3 Å². The molecule has 0 spiro atoms. The maximum Gasteiger partial charge on any atom is 0.419 e. The fourth-order valence-corrected chi connectivity index (χ4v) is 1.07. The zero-order valence-electron chi connectivity index (χ0n) is 6.40. The second-order valence-corrected chi connectivity index (χ2v) is 2.52. The van der Waals surface area contributed by atoms with E-state index in [1.54, 1.807) is 0 Å². The molecule has 2 N–H and O–H groups in total. The third kappa shape index (κ3) is 1.20. The van der Waals surface area contributed by atoms with E-state index < -0.39 is 11.3 Å². The lowest BCUT2D eigenvalue weighted by Gasteiger charge is -1.94. The van der Waals surface area contributed by atoms with Crippen molar-refractivity contribution >= 4 is 11.0 Å². The highest BCUT2D eigenvalue weighted by Gasteiger charge is 2.02. The number of fused-ring (bicyclic) bond motifs is 1. The van der Waals surface area contributed by atoms with E-state index in [0.29, 0.717) is 0 Å². The summed E-state index contributed by atoms with van der Waals surface area (Å²) >= 11 is 0. The Balaban J connectivity index is 3.03. The van der Waals surface area contributed by atoms with E-state index in [9.17, 15) is 9.59 Å². The van der Waals surface area contributed by atoms with Gasteiger partial charge in [-0.25, -0.2) is 4.79 Å². The maximum absolute atomic E-state index is 11.1. The minimum atomic E-state index is -0.830. The topological polar surface area (TPSA) is 83.3 Å². The van der Waals surface area contributed by atoms with E-state index in [1.807, 2.05) is 4.98 Å². The smallest absolute Gasteiger partial charge is 0.419 e. The Morgan fingerprint density at radius 1 is 1.31 bits per heavy atom. The van der Waals surface area contributed by atoms with Crippen molar-refractivity contribution in [1.29, 1.82) is 0 Å². The highest BCUT2D eigenvalue weighted by atomic mass is 16.4. The number of aromatic hydroxyl groups is 1. The van der Waals surface area contributed by atoms with Crippen LogP contribution >= 0.6 is 0 Å². The van der Waals surface area contributed by atoms with Gasteiger partial charge in [0.15, 0.2) is 0 Å². The molecular weight excluding hydrogens is 174 g/mol. The molecule has 13 heavy (non-hydrogen) atoms. The van der Waals surface area contributed by atoms with Crippen molar-refractivity contribution in [3.63, 3.8) is 0 Å². The van der Waals surface area contributed by atoms with Gasteiger partial charge in [0.05, 0.1) is 5.39 Å². The van der Waals surface area contributed by atoms with Crippen molar-refractivity contribution in [3.05, 3.63) is 39.1 Å². The molecule has 0 saturated heterocycles. The molecule has 1 aromatic heterocycles. The first-order valence-electron chi connectivity index (χ1n) is 3.53. The summed E-state index contributed by atoms with van der Waals surface area (Å²) in [5.74, 6) is -0.885. The lowest BCUT2D eigenvalue weighted by Crippen LogP contribution is -2.17. The molecule has 2 aromatic rings. The van der Waals surface area contributed by atoms with Crippen LogP contribution in [0.3, 0.4) is 0 Å². The molecule has 0 fully saturated rings. The number of H-pyrrole nitrogens is 1. The molecule has 0 unspecified atom stereocenters. The first kappa shape index (κ1) is 7.60. The molecule has 0 aliphatic rings. The van der Waals surface area contributed by atoms with E-state index >= 15 is 0 Å². The number of nitrogens with one attached hydrogen (secondary N) is 1. The quantitative estimate of drug-likeness (QED) is 0.604. The van der Waals surface area contributed by atoms with Crippen molar-refractivity contribution < 1.29 is 9.52 Å². The fraction of sp³-hybridized carbons (Fsp3) is 0. The van der Waals surface area contributed by atoms with E-state index in [1.165, 1.54) is 18.2 Å². The largest absolute Gasteiger partial charge is 0.508 e. The van der Waals surface area contributed by atoms with Crippen LogP contribution in [0.1, 0.15) is 0 Å². The summed E-state index contributed by atoms with van der Waals surface area (Å²) in [6.45, 7) is 0. The molecule has 0 aliphatic carbocycles. The number of phenolic OH excluding ortho intramolecular Hbond substituents is 1. The lowest BCUT2D eigenvalue weighted by molar-refractivity contribution is 0.471. The summed E-state index contributed by atoms with van der Waals surface area (Å²) in [6, 6.07) is 3.94. The second kappa shape index (κ2) is 2.48. The van der Waals surface area contributed by atoms with Gasteiger partial charge in [0.2, 0.25) is 0 Å². The summed E-state index contributed by atoms with van der Waals surface area (Å²) in [6.07, 6.45) is 0. The molecule has 5 heteroatoms. The first-order valence-corrected chi connectivity index (χ1v) is 3.53. The maximum atomic E-state index is 11.1. The van der Waals surface area contributed by atoms with Crippen LogP contribution in [-0.2, 0) is 0 Å². The van der Waals surface area contributed by atoms with E-state index in [2.05, 4.69) is 4.42 Å². The normalized spacial score (nSPS) is 10.5. The molecule has 0 aliphatic heterocycles. The molecule has 66 valence electrons. The summed E-state index contributed by atoms with van der Waals surface area (Å²) in [7, 11) is 0. The molecule has 1 aromatic carbocycles. The van der Waals surface area contributed by atoms with Gasteiger partial charge in [0.25, 0.3) is 5.56 Å². The number of hydrogen-bond donors (Lipinski definition) is 2. The van der Waals surface area contributed by atoms with Crippen LogP contribution < -0.4 is 11.3 Å². The Morgan fingerprint density at radius 2 is 2.08 bits per heavy atom. The molecule has 5 nitrogen and oxygen atoms in total. The average Bonchev–Trinajstić information content (AvgIpc) is 2.02. The van der Waals surface area contributed by atoms with Gasteiger partial charge in [-0.2, -0.15) is 0 Å². The van der Waals surface area contributed by atoms with Gasteiger partial charge in [-0.3, -0.25) is 9.78 Å². The number of phenols is 1. The van der Waals surface area contributed by atoms with Gasteiger partial charge in [-0.15, -0.1) is 0 Å². The Kier molecular flexibility index (Phi) is 1.45. The van der Waals surface area contributed by atoms with Gasteiger partial charge >= 0.3 is 5.76 Å². The van der Waals surface area contributed by atoms with Crippen molar-refractivity contribution in [2.24, 2.45) is 0 Å². The molecule has 1 heterocycles. The monoisotopic (exact) mass is 179 g/mol. The van der Waals surface area contributed by atoms with Gasteiger partial charge in [-0.05, 0) is 12.1 Å². The van der Waals surface area contributed by atoms with Crippen molar-refractivity contribution in [2.75, 3.05) is 0 Å². The number of aromatic nitrogens is 1. The SMILES string of the molecule is O=c1[nH]c(=O)c2ccc(O)cc2o1. The summed E-state index contributed by atoms with van der Waals surface area (Å²) in [5.41, 5.74) is -0.444. The van der Waals surface area contributed by atoms with Crippen LogP contribution in [-0.4, -0.2) is 10.1 Å². The Bertz CT molecular complexity index is 566. The summed E-state index contributed by atoms with van der Waals surface area (Å²) in [4.78, 5) is 23.8. The zero-order valence-corrected chi connectivity index (χ0v) is 6.40. The molecule has 0 radical (unpaired) electrons.